The molecular weight excluding hydrogens is 456 g/mol. The first-order chi connectivity index (χ1) is 17.8. The first-order valence-electron chi connectivity index (χ1n) is 12.7. The lowest BCUT2D eigenvalue weighted by atomic mass is 9.69. The average molecular weight is 479 g/mol. The molecule has 0 saturated carbocycles. The van der Waals surface area contributed by atoms with Gasteiger partial charge in [0.2, 0.25) is 0 Å². The fourth-order valence-corrected chi connectivity index (χ4v) is 7.27. The highest BCUT2D eigenvalue weighted by Gasteiger charge is 2.52. The van der Waals surface area contributed by atoms with Crippen LogP contribution in [0.5, 0.6) is 0 Å². The normalized spacial score (nSPS) is 15.2. The van der Waals surface area contributed by atoms with Crippen LogP contribution < -0.4 is 0 Å². The topological polar surface area (TPSA) is 0 Å². The number of rotatable bonds is 1. The molecule has 0 radical (unpaired) electrons. The molecule has 0 N–H and O–H groups in total. The third-order valence-corrected chi connectivity index (χ3v) is 8.65. The van der Waals surface area contributed by atoms with Gasteiger partial charge in [0.25, 0.3) is 0 Å². The minimum Gasteiger partial charge on any atom is -0.0843 e. The van der Waals surface area contributed by atoms with Gasteiger partial charge in [0, 0.05) is 5.02 Å². The molecule has 5 aromatic rings. The van der Waals surface area contributed by atoms with Gasteiger partial charge < -0.3 is 0 Å². The van der Waals surface area contributed by atoms with Gasteiger partial charge in [0.05, 0.1) is 5.41 Å². The second-order valence-corrected chi connectivity index (χ2v) is 10.5. The molecule has 0 unspecified atom stereocenters. The summed E-state index contributed by atoms with van der Waals surface area (Å²) in [4.78, 5) is 0. The van der Waals surface area contributed by atoms with Crippen LogP contribution in [0.4, 0.5) is 0 Å². The summed E-state index contributed by atoms with van der Waals surface area (Å²) < 4.78 is 0. The zero-order chi connectivity index (χ0) is 23.9. The standard InChI is InChI=1S/C35H23Cl/c36-23-18-19-28-32(20-23)35(30-16-8-6-13-25(30)26-14-7-9-17-31(26)35)33-21-29(22-10-2-1-3-11-22)24-12-4-5-15-27(24)34(28)33/h1-3,5-11,13-21H,4,12H2. The van der Waals surface area contributed by atoms with Crippen molar-refractivity contribution in [2.75, 3.05) is 0 Å². The highest BCUT2D eigenvalue weighted by molar-refractivity contribution is 6.31. The Hall–Kier alpha value is -3.87. The van der Waals surface area contributed by atoms with Crippen LogP contribution in [0, 0.1) is 0 Å². The van der Waals surface area contributed by atoms with Crippen LogP contribution in [-0.4, -0.2) is 0 Å². The van der Waals surface area contributed by atoms with Crippen molar-refractivity contribution < 1.29 is 0 Å². The van der Waals surface area contributed by atoms with E-state index < -0.39 is 0 Å². The third kappa shape index (κ3) is 2.45. The molecule has 0 fully saturated rings. The second kappa shape index (κ2) is 7.32. The fourth-order valence-electron chi connectivity index (χ4n) is 7.09. The van der Waals surface area contributed by atoms with Crippen LogP contribution >= 0.6 is 11.6 Å². The monoisotopic (exact) mass is 478 g/mol. The van der Waals surface area contributed by atoms with E-state index in [1.165, 1.54) is 66.8 Å². The van der Waals surface area contributed by atoms with Gasteiger partial charge in [-0.05, 0) is 97.8 Å². The van der Waals surface area contributed by atoms with E-state index in [4.69, 9.17) is 11.6 Å². The molecule has 170 valence electrons. The molecule has 0 bridgehead atoms. The molecule has 5 aromatic carbocycles. The highest BCUT2D eigenvalue weighted by Crippen LogP contribution is 2.64. The quantitative estimate of drug-likeness (QED) is 0.220. The van der Waals surface area contributed by atoms with Crippen LogP contribution in [0.25, 0.3) is 39.5 Å². The molecule has 0 aliphatic heterocycles. The van der Waals surface area contributed by atoms with Crippen molar-refractivity contribution in [3.63, 3.8) is 0 Å². The van der Waals surface area contributed by atoms with Gasteiger partial charge in [-0.3, -0.25) is 0 Å². The van der Waals surface area contributed by atoms with Gasteiger partial charge in [0.15, 0.2) is 0 Å². The summed E-state index contributed by atoms with van der Waals surface area (Å²) in [6, 6.07) is 37.8. The SMILES string of the molecule is Clc1ccc2c(c1)C1(c3ccccc3-c3ccccc31)c1cc(-c3ccccc3)c3c(c1-2)C=CCC3. The van der Waals surface area contributed by atoms with E-state index in [-0.39, 0.29) is 5.41 Å². The van der Waals surface area contributed by atoms with Crippen molar-refractivity contribution in [3.05, 3.63) is 148 Å². The average Bonchev–Trinajstić information content (AvgIpc) is 3.40. The molecule has 36 heavy (non-hydrogen) atoms. The molecule has 0 nitrogen and oxygen atoms in total. The number of fused-ring (bicyclic) bond motifs is 12. The fraction of sp³-hybridized carbons (Fsp3) is 0.0857. The van der Waals surface area contributed by atoms with Gasteiger partial charge in [-0.2, -0.15) is 0 Å². The molecular formula is C35H23Cl. The number of benzene rings is 5. The molecule has 0 heterocycles. The van der Waals surface area contributed by atoms with Crippen molar-refractivity contribution in [2.24, 2.45) is 0 Å². The molecule has 1 spiro atoms. The number of hydrogen-bond donors (Lipinski definition) is 0. The highest BCUT2D eigenvalue weighted by atomic mass is 35.5. The summed E-state index contributed by atoms with van der Waals surface area (Å²) >= 11 is 6.74. The van der Waals surface area contributed by atoms with E-state index in [2.05, 4.69) is 115 Å². The molecule has 0 amide bonds. The summed E-state index contributed by atoms with van der Waals surface area (Å²) in [5.41, 5.74) is 15.8. The van der Waals surface area contributed by atoms with Crippen LogP contribution in [0.1, 0.15) is 39.8 Å². The number of allylic oxidation sites excluding steroid dienone is 1. The van der Waals surface area contributed by atoms with Gasteiger partial charge in [-0.15, -0.1) is 0 Å². The second-order valence-electron chi connectivity index (χ2n) is 10.1. The molecule has 3 aliphatic carbocycles. The largest absolute Gasteiger partial charge is 0.0843 e. The van der Waals surface area contributed by atoms with Crippen molar-refractivity contribution in [3.8, 4) is 33.4 Å². The summed E-state index contributed by atoms with van der Waals surface area (Å²) in [5.74, 6) is 0. The Morgan fingerprint density at radius 3 is 2.03 bits per heavy atom. The van der Waals surface area contributed by atoms with Gasteiger partial charge in [-0.1, -0.05) is 109 Å². The van der Waals surface area contributed by atoms with Crippen LogP contribution in [-0.2, 0) is 11.8 Å². The predicted molar refractivity (Wildman–Crippen MR) is 151 cm³/mol. The molecule has 0 aromatic heterocycles. The summed E-state index contributed by atoms with van der Waals surface area (Å²) in [7, 11) is 0. The smallest absolute Gasteiger partial charge is 0.0726 e. The van der Waals surface area contributed by atoms with E-state index >= 15 is 0 Å². The van der Waals surface area contributed by atoms with Crippen molar-refractivity contribution >= 4 is 17.7 Å². The predicted octanol–water partition coefficient (Wildman–Crippen LogP) is 9.31. The van der Waals surface area contributed by atoms with E-state index in [1.807, 2.05) is 0 Å². The van der Waals surface area contributed by atoms with E-state index in [9.17, 15) is 0 Å². The zero-order valence-corrected chi connectivity index (χ0v) is 20.5. The first-order valence-corrected chi connectivity index (χ1v) is 13.1. The lowest BCUT2D eigenvalue weighted by molar-refractivity contribution is 0.793. The Bertz CT molecular complexity index is 1690. The van der Waals surface area contributed by atoms with Gasteiger partial charge >= 0.3 is 0 Å². The molecule has 3 aliphatic rings. The van der Waals surface area contributed by atoms with Crippen molar-refractivity contribution in [2.45, 2.75) is 18.3 Å². The number of halogens is 1. The summed E-state index contributed by atoms with van der Waals surface area (Å²) in [6.45, 7) is 0. The Kier molecular flexibility index (Phi) is 4.14. The Balaban J connectivity index is 1.60. The lowest BCUT2D eigenvalue weighted by Crippen LogP contribution is -2.26. The maximum Gasteiger partial charge on any atom is 0.0726 e. The van der Waals surface area contributed by atoms with Gasteiger partial charge in [-0.25, -0.2) is 0 Å². The lowest BCUT2D eigenvalue weighted by Gasteiger charge is -2.32. The maximum absolute atomic E-state index is 6.74. The number of hydrogen-bond acceptors (Lipinski definition) is 0. The van der Waals surface area contributed by atoms with Crippen molar-refractivity contribution in [1.29, 1.82) is 0 Å². The van der Waals surface area contributed by atoms with E-state index in [0.717, 1.165) is 17.9 Å². The molecule has 8 rings (SSSR count). The minimum absolute atomic E-state index is 0.382. The van der Waals surface area contributed by atoms with Crippen LogP contribution in [0.15, 0.2) is 109 Å². The Morgan fingerprint density at radius 2 is 1.28 bits per heavy atom. The zero-order valence-electron chi connectivity index (χ0n) is 19.8. The Morgan fingerprint density at radius 1 is 0.583 bits per heavy atom. The maximum atomic E-state index is 6.74. The molecule has 0 atom stereocenters. The first kappa shape index (κ1) is 20.3. The van der Waals surface area contributed by atoms with Crippen molar-refractivity contribution in [1.82, 2.24) is 0 Å². The third-order valence-electron chi connectivity index (χ3n) is 8.42. The molecule has 0 saturated heterocycles. The summed E-state index contributed by atoms with van der Waals surface area (Å²) in [5, 5.41) is 0.787. The van der Waals surface area contributed by atoms with E-state index in [1.54, 1.807) is 0 Å². The van der Waals surface area contributed by atoms with Crippen LogP contribution in [0.3, 0.4) is 0 Å². The van der Waals surface area contributed by atoms with E-state index in [0.29, 0.717) is 0 Å². The Labute approximate surface area is 216 Å². The molecule has 1 heteroatoms. The minimum atomic E-state index is -0.382. The van der Waals surface area contributed by atoms with Crippen LogP contribution in [0.2, 0.25) is 5.02 Å². The summed E-state index contributed by atoms with van der Waals surface area (Å²) in [6.07, 6.45) is 6.85. The van der Waals surface area contributed by atoms with Gasteiger partial charge in [0.1, 0.15) is 0 Å².